The molecule has 0 aliphatic carbocycles. The van der Waals surface area contributed by atoms with E-state index < -0.39 is 0 Å². The Bertz CT molecular complexity index is 622. The topological polar surface area (TPSA) is 43.8 Å². The van der Waals surface area contributed by atoms with Gasteiger partial charge in [0.25, 0.3) is 0 Å². The lowest BCUT2D eigenvalue weighted by Gasteiger charge is -2.08. The predicted octanol–water partition coefficient (Wildman–Crippen LogP) is 5.30. The minimum absolute atomic E-state index is 0.691. The van der Waals surface area contributed by atoms with Gasteiger partial charge >= 0.3 is 0 Å². The van der Waals surface area contributed by atoms with Gasteiger partial charge in [0.1, 0.15) is 17.3 Å². The number of aryl methyl sites for hydroxylation is 1. The normalized spacial score (nSPS) is 11.0. The number of hydrogen-bond donors (Lipinski definition) is 1. The molecule has 1 heterocycles. The van der Waals surface area contributed by atoms with E-state index in [2.05, 4.69) is 34.3 Å². The van der Waals surface area contributed by atoms with Crippen LogP contribution in [0.4, 0.5) is 5.82 Å². The summed E-state index contributed by atoms with van der Waals surface area (Å²) in [7, 11) is 0. The van der Waals surface area contributed by atoms with Crippen LogP contribution in [-0.2, 0) is 13.0 Å². The SMILES string of the molecule is CCCCn1c(CCC)nc(-c2ccc(Cl)c(Br)c2)c1N. The lowest BCUT2D eigenvalue weighted by atomic mass is 10.1. The molecule has 5 heteroatoms. The first-order chi connectivity index (χ1) is 10.1. The molecule has 0 aliphatic heterocycles. The molecule has 21 heavy (non-hydrogen) atoms. The third-order valence-electron chi connectivity index (χ3n) is 3.49. The minimum atomic E-state index is 0.691. The molecule has 0 saturated carbocycles. The van der Waals surface area contributed by atoms with Crippen molar-refractivity contribution >= 4 is 33.3 Å². The van der Waals surface area contributed by atoms with E-state index in [1.807, 2.05) is 18.2 Å². The van der Waals surface area contributed by atoms with Crippen LogP contribution in [0, 0.1) is 0 Å². The van der Waals surface area contributed by atoms with E-state index in [1.165, 1.54) is 0 Å². The Hall–Kier alpha value is -1.00. The van der Waals surface area contributed by atoms with E-state index in [1.54, 1.807) is 0 Å². The fourth-order valence-corrected chi connectivity index (χ4v) is 2.85. The highest BCUT2D eigenvalue weighted by molar-refractivity contribution is 9.10. The third-order valence-corrected chi connectivity index (χ3v) is 4.70. The molecule has 0 radical (unpaired) electrons. The summed E-state index contributed by atoms with van der Waals surface area (Å²) < 4.78 is 3.02. The second-order valence-corrected chi connectivity index (χ2v) is 6.41. The summed E-state index contributed by atoms with van der Waals surface area (Å²) in [5.41, 5.74) is 8.20. The summed E-state index contributed by atoms with van der Waals surface area (Å²) in [5, 5.41) is 0.691. The van der Waals surface area contributed by atoms with E-state index in [-0.39, 0.29) is 0 Å². The lowest BCUT2D eigenvalue weighted by Crippen LogP contribution is -2.07. The number of hydrogen-bond acceptors (Lipinski definition) is 2. The Balaban J connectivity index is 2.45. The van der Waals surface area contributed by atoms with Crippen molar-refractivity contribution in [3.8, 4) is 11.3 Å². The average molecular weight is 371 g/mol. The molecule has 0 saturated heterocycles. The van der Waals surface area contributed by atoms with Gasteiger partial charge in [-0.3, -0.25) is 0 Å². The van der Waals surface area contributed by atoms with Crippen molar-refractivity contribution in [3.63, 3.8) is 0 Å². The molecule has 0 aliphatic rings. The second-order valence-electron chi connectivity index (χ2n) is 5.15. The predicted molar refractivity (Wildman–Crippen MR) is 93.7 cm³/mol. The van der Waals surface area contributed by atoms with E-state index in [0.29, 0.717) is 5.02 Å². The van der Waals surface area contributed by atoms with Crippen LogP contribution in [0.25, 0.3) is 11.3 Å². The Kier molecular flexibility index (Phi) is 5.71. The van der Waals surface area contributed by atoms with Gasteiger partial charge in [-0.2, -0.15) is 0 Å². The molecule has 0 amide bonds. The second kappa shape index (κ2) is 7.32. The highest BCUT2D eigenvalue weighted by atomic mass is 79.9. The van der Waals surface area contributed by atoms with Gasteiger partial charge in [0.2, 0.25) is 0 Å². The molecular formula is C16H21BrClN3. The van der Waals surface area contributed by atoms with E-state index in [4.69, 9.17) is 22.3 Å². The molecule has 1 aromatic carbocycles. The number of nitrogens with zero attached hydrogens (tertiary/aromatic N) is 2. The number of benzene rings is 1. The average Bonchev–Trinajstić information content (AvgIpc) is 2.77. The Morgan fingerprint density at radius 2 is 2.05 bits per heavy atom. The largest absolute Gasteiger partial charge is 0.383 e. The van der Waals surface area contributed by atoms with Crippen molar-refractivity contribution in [1.29, 1.82) is 0 Å². The summed E-state index contributed by atoms with van der Waals surface area (Å²) in [5.74, 6) is 1.82. The summed E-state index contributed by atoms with van der Waals surface area (Å²) in [6.07, 6.45) is 4.26. The van der Waals surface area contributed by atoms with E-state index in [0.717, 1.165) is 59.6 Å². The van der Waals surface area contributed by atoms with E-state index >= 15 is 0 Å². The summed E-state index contributed by atoms with van der Waals surface area (Å²) in [6.45, 7) is 5.27. The van der Waals surface area contributed by atoms with Gasteiger partial charge in [0, 0.05) is 23.0 Å². The number of imidazole rings is 1. The van der Waals surface area contributed by atoms with Gasteiger partial charge in [-0.15, -0.1) is 0 Å². The molecule has 0 spiro atoms. The molecule has 1 aromatic heterocycles. The number of nitrogens with two attached hydrogens (primary N) is 1. The van der Waals surface area contributed by atoms with Crippen LogP contribution >= 0.6 is 27.5 Å². The van der Waals surface area contributed by atoms with Crippen LogP contribution in [0.15, 0.2) is 22.7 Å². The molecular weight excluding hydrogens is 350 g/mol. The van der Waals surface area contributed by atoms with Crippen LogP contribution in [0.1, 0.15) is 38.9 Å². The Labute approximate surface area is 139 Å². The van der Waals surface area contributed by atoms with Crippen LogP contribution < -0.4 is 5.73 Å². The highest BCUT2D eigenvalue weighted by Gasteiger charge is 2.16. The maximum atomic E-state index is 6.35. The molecule has 2 aromatic rings. The smallest absolute Gasteiger partial charge is 0.131 e. The fraction of sp³-hybridized carbons (Fsp3) is 0.438. The van der Waals surface area contributed by atoms with Crippen LogP contribution in [0.5, 0.6) is 0 Å². The number of aromatic nitrogens is 2. The zero-order valence-corrected chi connectivity index (χ0v) is 14.8. The van der Waals surface area contributed by atoms with Crippen molar-refractivity contribution in [2.45, 2.75) is 46.1 Å². The van der Waals surface area contributed by atoms with E-state index in [9.17, 15) is 0 Å². The van der Waals surface area contributed by atoms with Crippen LogP contribution in [-0.4, -0.2) is 9.55 Å². The van der Waals surface area contributed by atoms with Gasteiger partial charge < -0.3 is 10.3 Å². The third kappa shape index (κ3) is 3.61. The van der Waals surface area contributed by atoms with Gasteiger partial charge in [-0.05, 0) is 40.9 Å². The lowest BCUT2D eigenvalue weighted by molar-refractivity contribution is 0.604. The zero-order valence-electron chi connectivity index (χ0n) is 12.5. The molecule has 0 bridgehead atoms. The molecule has 0 unspecified atom stereocenters. The molecule has 2 N–H and O–H groups in total. The summed E-state index contributed by atoms with van der Waals surface area (Å²) in [6, 6.07) is 5.80. The monoisotopic (exact) mass is 369 g/mol. The number of halogens is 2. The molecule has 2 rings (SSSR count). The van der Waals surface area contributed by atoms with Crippen LogP contribution in [0.2, 0.25) is 5.02 Å². The maximum absolute atomic E-state index is 6.35. The van der Waals surface area contributed by atoms with Crippen LogP contribution in [0.3, 0.4) is 0 Å². The van der Waals surface area contributed by atoms with Gasteiger partial charge in [-0.1, -0.05) is 37.9 Å². The minimum Gasteiger partial charge on any atom is -0.383 e. The Morgan fingerprint density at radius 1 is 1.29 bits per heavy atom. The first-order valence-electron chi connectivity index (χ1n) is 7.38. The molecule has 3 nitrogen and oxygen atoms in total. The standard InChI is InChI=1S/C16H21BrClN3/c1-3-5-9-21-14(6-4-2)20-15(16(21)19)11-7-8-13(18)12(17)10-11/h7-8,10H,3-6,9,19H2,1-2H3. The number of nitrogen functional groups attached to an aromatic ring is 1. The quantitative estimate of drug-likeness (QED) is 0.749. The molecule has 114 valence electrons. The Morgan fingerprint density at radius 3 is 2.67 bits per heavy atom. The summed E-state index contributed by atoms with van der Waals surface area (Å²) >= 11 is 9.52. The van der Waals surface area contributed by atoms with Gasteiger partial charge in [-0.25, -0.2) is 4.98 Å². The fourth-order valence-electron chi connectivity index (χ4n) is 2.35. The van der Waals surface area contributed by atoms with Crippen molar-refractivity contribution in [3.05, 3.63) is 33.5 Å². The highest BCUT2D eigenvalue weighted by Crippen LogP contribution is 2.32. The van der Waals surface area contributed by atoms with Crippen molar-refractivity contribution in [2.75, 3.05) is 5.73 Å². The molecule has 0 atom stereocenters. The van der Waals surface area contributed by atoms with Gasteiger partial charge in [0.15, 0.2) is 0 Å². The van der Waals surface area contributed by atoms with Crippen molar-refractivity contribution in [2.24, 2.45) is 0 Å². The van der Waals surface area contributed by atoms with Crippen molar-refractivity contribution in [1.82, 2.24) is 9.55 Å². The zero-order chi connectivity index (χ0) is 15.4. The van der Waals surface area contributed by atoms with Gasteiger partial charge in [0.05, 0.1) is 5.02 Å². The first kappa shape index (κ1) is 16.4. The maximum Gasteiger partial charge on any atom is 0.131 e. The number of anilines is 1. The first-order valence-corrected chi connectivity index (χ1v) is 8.55. The summed E-state index contributed by atoms with van der Waals surface area (Å²) in [4.78, 5) is 4.77. The van der Waals surface area contributed by atoms with Crippen molar-refractivity contribution < 1.29 is 0 Å². The number of rotatable bonds is 6. The number of unbranched alkanes of at least 4 members (excludes halogenated alkanes) is 1. The molecule has 0 fully saturated rings.